The number of nitrogens with one attached hydrogen (secondary N) is 1. The molecule has 1 aromatic rings. The molecule has 3 heteroatoms. The fourth-order valence-electron chi connectivity index (χ4n) is 0.803. The van der Waals surface area contributed by atoms with E-state index in [1.54, 1.807) is 11.3 Å². The van der Waals surface area contributed by atoms with E-state index in [0.29, 0.717) is 0 Å². The molecule has 1 unspecified atom stereocenters. The lowest BCUT2D eigenvalue weighted by Crippen LogP contribution is -2.31. The molecule has 0 aromatic carbocycles. The Balaban J connectivity index is 2.50. The van der Waals surface area contributed by atoms with Crippen LogP contribution in [0.3, 0.4) is 0 Å². The summed E-state index contributed by atoms with van der Waals surface area (Å²) in [5.74, 6) is 0.0330. The molecule has 0 fully saturated rings. The van der Waals surface area contributed by atoms with Crippen molar-refractivity contribution < 1.29 is 4.79 Å². The Kier molecular flexibility index (Phi) is 3.29. The fourth-order valence-corrected chi connectivity index (χ4v) is 1.44. The summed E-state index contributed by atoms with van der Waals surface area (Å²) in [6, 6.07) is 2.10. The molecule has 12 heavy (non-hydrogen) atoms. The van der Waals surface area contributed by atoms with Gasteiger partial charge in [0.1, 0.15) is 0 Å². The van der Waals surface area contributed by atoms with Crippen molar-refractivity contribution in [2.75, 3.05) is 0 Å². The van der Waals surface area contributed by atoms with Crippen LogP contribution in [-0.2, 0) is 0 Å². The summed E-state index contributed by atoms with van der Waals surface area (Å²) >= 11 is 1.54. The van der Waals surface area contributed by atoms with E-state index in [1.165, 1.54) is 0 Å². The Hall–Kier alpha value is -0.830. The Bertz CT molecular complexity index is 243. The maximum Gasteiger partial charge on any atom is 0.252 e. The lowest BCUT2D eigenvalue weighted by molar-refractivity contribution is 0.0940. The maximum atomic E-state index is 11.4. The summed E-state index contributed by atoms with van der Waals surface area (Å²) in [6.07, 6.45) is 0.968. The predicted octanol–water partition coefficient (Wildman–Crippen LogP) is 2.28. The van der Waals surface area contributed by atoms with E-state index in [2.05, 4.69) is 12.2 Å². The summed E-state index contributed by atoms with van der Waals surface area (Å²) in [6.45, 7) is 4.06. The summed E-state index contributed by atoms with van der Waals surface area (Å²) < 4.78 is 0. The van der Waals surface area contributed by atoms with Crippen LogP contribution in [0.15, 0.2) is 16.8 Å². The zero-order valence-electron chi connectivity index (χ0n) is 7.33. The second kappa shape index (κ2) is 4.26. The molecule has 0 aliphatic heterocycles. The molecule has 66 valence electrons. The van der Waals surface area contributed by atoms with Gasteiger partial charge in [0.05, 0.1) is 0 Å². The normalized spacial score (nSPS) is 12.5. The highest BCUT2D eigenvalue weighted by Crippen LogP contribution is 2.05. The first kappa shape index (κ1) is 9.26. The largest absolute Gasteiger partial charge is 0.350 e. The smallest absolute Gasteiger partial charge is 0.252 e. The zero-order valence-corrected chi connectivity index (χ0v) is 8.15. The molecule has 0 aliphatic carbocycles. The second-order valence-corrected chi connectivity index (χ2v) is 3.57. The van der Waals surface area contributed by atoms with E-state index in [0.717, 1.165) is 12.0 Å². The molecule has 1 aromatic heterocycles. The lowest BCUT2D eigenvalue weighted by Gasteiger charge is -2.09. The van der Waals surface area contributed by atoms with Gasteiger partial charge in [-0.2, -0.15) is 11.3 Å². The summed E-state index contributed by atoms with van der Waals surface area (Å²) in [5, 5.41) is 6.67. The van der Waals surface area contributed by atoms with Crippen LogP contribution in [-0.4, -0.2) is 11.9 Å². The molecule has 1 amide bonds. The van der Waals surface area contributed by atoms with Gasteiger partial charge in [-0.3, -0.25) is 4.79 Å². The van der Waals surface area contributed by atoms with E-state index >= 15 is 0 Å². The molecule has 0 saturated carbocycles. The van der Waals surface area contributed by atoms with Crippen LogP contribution in [0.1, 0.15) is 30.6 Å². The van der Waals surface area contributed by atoms with Crippen molar-refractivity contribution in [3.05, 3.63) is 22.4 Å². The number of rotatable bonds is 3. The molecule has 0 aliphatic rings. The minimum atomic E-state index is 0.0330. The molecule has 0 spiro atoms. The van der Waals surface area contributed by atoms with Crippen molar-refractivity contribution >= 4 is 17.2 Å². The van der Waals surface area contributed by atoms with Crippen molar-refractivity contribution in [2.45, 2.75) is 26.3 Å². The summed E-state index contributed by atoms with van der Waals surface area (Å²) in [7, 11) is 0. The highest BCUT2D eigenvalue weighted by Gasteiger charge is 2.07. The third-order valence-corrected chi connectivity index (χ3v) is 2.46. The standard InChI is InChI=1S/C9H13NOS/c1-3-7(2)10-9(11)8-4-5-12-6-8/h4-7H,3H2,1-2H3,(H,10,11). The Morgan fingerprint density at radius 2 is 2.50 bits per heavy atom. The van der Waals surface area contributed by atoms with Crippen LogP contribution < -0.4 is 5.32 Å². The average Bonchev–Trinajstić information content (AvgIpc) is 2.56. The van der Waals surface area contributed by atoms with Gasteiger partial charge in [0.15, 0.2) is 0 Å². The number of carbonyl (C=O) groups excluding carboxylic acids is 1. The van der Waals surface area contributed by atoms with Crippen LogP contribution in [0.2, 0.25) is 0 Å². The van der Waals surface area contributed by atoms with Crippen LogP contribution in [0.4, 0.5) is 0 Å². The van der Waals surface area contributed by atoms with Gasteiger partial charge >= 0.3 is 0 Å². The SMILES string of the molecule is CCC(C)NC(=O)c1ccsc1. The first-order valence-corrected chi connectivity index (χ1v) is 5.01. The van der Waals surface area contributed by atoms with Gasteiger partial charge < -0.3 is 5.32 Å². The number of thiophene rings is 1. The van der Waals surface area contributed by atoms with E-state index < -0.39 is 0 Å². The lowest BCUT2D eigenvalue weighted by atomic mass is 10.2. The second-order valence-electron chi connectivity index (χ2n) is 2.79. The molecule has 1 atom stereocenters. The first-order valence-electron chi connectivity index (χ1n) is 4.07. The molecule has 0 bridgehead atoms. The minimum absolute atomic E-state index is 0.0330. The molecule has 1 rings (SSSR count). The van der Waals surface area contributed by atoms with Crippen molar-refractivity contribution in [3.8, 4) is 0 Å². The number of hydrogen-bond donors (Lipinski definition) is 1. The number of carbonyl (C=O) groups is 1. The zero-order chi connectivity index (χ0) is 8.97. The van der Waals surface area contributed by atoms with Gasteiger partial charge in [-0.25, -0.2) is 0 Å². The van der Waals surface area contributed by atoms with Gasteiger partial charge in [0, 0.05) is 17.0 Å². The number of amides is 1. The van der Waals surface area contributed by atoms with E-state index in [-0.39, 0.29) is 11.9 Å². The Morgan fingerprint density at radius 3 is 3.00 bits per heavy atom. The first-order chi connectivity index (χ1) is 5.74. The monoisotopic (exact) mass is 183 g/mol. The summed E-state index contributed by atoms with van der Waals surface area (Å²) in [4.78, 5) is 11.4. The van der Waals surface area contributed by atoms with E-state index in [4.69, 9.17) is 0 Å². The Morgan fingerprint density at radius 1 is 1.75 bits per heavy atom. The van der Waals surface area contributed by atoms with Gasteiger partial charge in [-0.1, -0.05) is 6.92 Å². The Labute approximate surface area is 76.6 Å². The van der Waals surface area contributed by atoms with Crippen LogP contribution >= 0.6 is 11.3 Å². The van der Waals surface area contributed by atoms with Crippen molar-refractivity contribution in [2.24, 2.45) is 0 Å². The number of hydrogen-bond acceptors (Lipinski definition) is 2. The maximum absolute atomic E-state index is 11.4. The van der Waals surface area contributed by atoms with Crippen molar-refractivity contribution in [3.63, 3.8) is 0 Å². The topological polar surface area (TPSA) is 29.1 Å². The van der Waals surface area contributed by atoms with Gasteiger partial charge in [0.2, 0.25) is 0 Å². The summed E-state index contributed by atoms with van der Waals surface area (Å²) in [5.41, 5.74) is 0.764. The van der Waals surface area contributed by atoms with Crippen molar-refractivity contribution in [1.82, 2.24) is 5.32 Å². The van der Waals surface area contributed by atoms with E-state index in [9.17, 15) is 4.79 Å². The van der Waals surface area contributed by atoms with Gasteiger partial charge in [-0.05, 0) is 24.8 Å². The van der Waals surface area contributed by atoms with Crippen LogP contribution in [0.25, 0.3) is 0 Å². The van der Waals surface area contributed by atoms with Crippen molar-refractivity contribution in [1.29, 1.82) is 0 Å². The molecular formula is C9H13NOS. The highest BCUT2D eigenvalue weighted by molar-refractivity contribution is 7.08. The van der Waals surface area contributed by atoms with E-state index in [1.807, 2.05) is 23.8 Å². The molecule has 2 nitrogen and oxygen atoms in total. The third-order valence-electron chi connectivity index (χ3n) is 1.77. The third kappa shape index (κ3) is 2.34. The minimum Gasteiger partial charge on any atom is -0.350 e. The average molecular weight is 183 g/mol. The predicted molar refractivity (Wildman–Crippen MR) is 51.5 cm³/mol. The van der Waals surface area contributed by atoms with Gasteiger partial charge in [-0.15, -0.1) is 0 Å². The van der Waals surface area contributed by atoms with Crippen LogP contribution in [0, 0.1) is 0 Å². The quantitative estimate of drug-likeness (QED) is 0.765. The highest BCUT2D eigenvalue weighted by atomic mass is 32.1. The fraction of sp³-hybridized carbons (Fsp3) is 0.444. The molecule has 0 radical (unpaired) electrons. The molecule has 1 N–H and O–H groups in total. The van der Waals surface area contributed by atoms with Crippen LogP contribution in [0.5, 0.6) is 0 Å². The van der Waals surface area contributed by atoms with Gasteiger partial charge in [0.25, 0.3) is 5.91 Å². The molecule has 1 heterocycles. The molecular weight excluding hydrogens is 170 g/mol. The molecule has 0 saturated heterocycles.